The summed E-state index contributed by atoms with van der Waals surface area (Å²) >= 11 is 0. The van der Waals surface area contributed by atoms with Crippen molar-refractivity contribution >= 4 is 25.7 Å². The summed E-state index contributed by atoms with van der Waals surface area (Å²) in [6.45, 7) is 2.56. The van der Waals surface area contributed by atoms with Crippen LogP contribution >= 0.6 is 10.7 Å². The van der Waals surface area contributed by atoms with Crippen molar-refractivity contribution < 1.29 is 22.7 Å². The van der Waals surface area contributed by atoms with E-state index in [9.17, 15) is 13.2 Å². The molecule has 0 aliphatic carbocycles. The van der Waals surface area contributed by atoms with Crippen LogP contribution in [0.1, 0.15) is 22.8 Å². The largest absolute Gasteiger partial charge is 0.454 e. The minimum Gasteiger partial charge on any atom is -0.454 e. The molecule has 1 saturated heterocycles. The van der Waals surface area contributed by atoms with Gasteiger partial charge in [0.15, 0.2) is 0 Å². The smallest absolute Gasteiger partial charge is 0.338 e. The third-order valence-corrected chi connectivity index (χ3v) is 4.23. The van der Waals surface area contributed by atoms with E-state index in [-0.39, 0.29) is 16.6 Å². The zero-order valence-electron chi connectivity index (χ0n) is 10.3. The van der Waals surface area contributed by atoms with Gasteiger partial charge in [0.1, 0.15) is 6.10 Å². The third kappa shape index (κ3) is 3.26. The summed E-state index contributed by atoms with van der Waals surface area (Å²) in [6, 6.07) is 4.36. The second kappa shape index (κ2) is 5.48. The molecule has 0 unspecified atom stereocenters. The van der Waals surface area contributed by atoms with Crippen molar-refractivity contribution in [2.24, 2.45) is 0 Å². The molecule has 0 bridgehead atoms. The van der Waals surface area contributed by atoms with Crippen LogP contribution in [0, 0.1) is 0 Å². The molecule has 1 fully saturated rings. The minimum absolute atomic E-state index is 0.0454. The highest BCUT2D eigenvalue weighted by molar-refractivity contribution is 8.13. The van der Waals surface area contributed by atoms with E-state index in [1.165, 1.54) is 12.1 Å². The fourth-order valence-corrected chi connectivity index (χ4v) is 2.93. The number of rotatable bonds is 4. The van der Waals surface area contributed by atoms with E-state index in [4.69, 9.17) is 20.2 Å². The second-order valence-corrected chi connectivity index (χ2v) is 6.71. The molecule has 0 aromatic heterocycles. The molecule has 1 aliphatic rings. The highest BCUT2D eigenvalue weighted by atomic mass is 35.7. The summed E-state index contributed by atoms with van der Waals surface area (Å²) in [5.74, 6) is -0.572. The molecular weight excluding hydrogens is 292 g/mol. The Bertz CT molecular complexity index is 592. The van der Waals surface area contributed by atoms with Gasteiger partial charge in [0.25, 0.3) is 9.05 Å². The average molecular weight is 305 g/mol. The Morgan fingerprint density at radius 2 is 2.16 bits per heavy atom. The van der Waals surface area contributed by atoms with E-state index in [1.54, 1.807) is 6.07 Å². The molecule has 1 heterocycles. The topological polar surface area (TPSA) is 69.7 Å². The Morgan fingerprint density at radius 1 is 1.47 bits per heavy atom. The number of halogens is 1. The fourth-order valence-electron chi connectivity index (χ4n) is 1.70. The number of carbonyl (C=O) groups is 1. The molecular formula is C12H13ClO5S. The maximum Gasteiger partial charge on any atom is 0.338 e. The Balaban J connectivity index is 2.29. The van der Waals surface area contributed by atoms with E-state index in [0.717, 1.165) is 0 Å². The monoisotopic (exact) mass is 304 g/mol. The van der Waals surface area contributed by atoms with Crippen LogP contribution in [0.25, 0.3) is 0 Å². The number of ether oxygens (including phenoxy) is 2. The zero-order valence-corrected chi connectivity index (χ0v) is 11.8. The van der Waals surface area contributed by atoms with Crippen LogP contribution in [0.5, 0.6) is 0 Å². The van der Waals surface area contributed by atoms with Gasteiger partial charge in [0.05, 0.1) is 23.7 Å². The van der Waals surface area contributed by atoms with Crippen LogP contribution < -0.4 is 0 Å². The Labute approximate surface area is 115 Å². The van der Waals surface area contributed by atoms with Gasteiger partial charge in [-0.2, -0.15) is 0 Å². The van der Waals surface area contributed by atoms with Crippen molar-refractivity contribution in [3.05, 3.63) is 29.3 Å². The molecule has 0 atom stereocenters. The lowest BCUT2D eigenvalue weighted by atomic mass is 10.1. The van der Waals surface area contributed by atoms with Gasteiger partial charge < -0.3 is 9.47 Å². The van der Waals surface area contributed by atoms with E-state index >= 15 is 0 Å². The molecule has 2 rings (SSSR count). The van der Waals surface area contributed by atoms with E-state index in [2.05, 4.69) is 0 Å². The predicted molar refractivity (Wildman–Crippen MR) is 68.9 cm³/mol. The fraction of sp³-hybridized carbons (Fsp3) is 0.417. The maximum atomic E-state index is 11.8. The van der Waals surface area contributed by atoms with Crippen molar-refractivity contribution in [2.45, 2.75) is 24.3 Å². The van der Waals surface area contributed by atoms with Gasteiger partial charge >= 0.3 is 5.97 Å². The first kappa shape index (κ1) is 14.3. The summed E-state index contributed by atoms with van der Waals surface area (Å²) in [5.41, 5.74) is 0.738. The van der Waals surface area contributed by atoms with Crippen LogP contribution in [-0.4, -0.2) is 33.7 Å². The second-order valence-electron chi connectivity index (χ2n) is 4.18. The normalized spacial score (nSPS) is 15.9. The molecule has 1 aliphatic heterocycles. The van der Waals surface area contributed by atoms with Crippen molar-refractivity contribution in [2.75, 3.05) is 13.2 Å². The third-order valence-electron chi connectivity index (χ3n) is 2.83. The average Bonchev–Trinajstić information content (AvgIpc) is 2.31. The molecule has 1 aromatic rings. The SMILES string of the molecule is CCc1ccc(C(=O)OC2COC2)cc1S(=O)(=O)Cl. The molecule has 0 amide bonds. The molecule has 19 heavy (non-hydrogen) atoms. The lowest BCUT2D eigenvalue weighted by molar-refractivity contribution is -0.103. The molecule has 7 heteroatoms. The molecule has 1 aromatic carbocycles. The number of carbonyl (C=O) groups excluding carboxylic acids is 1. The molecule has 5 nitrogen and oxygen atoms in total. The quantitative estimate of drug-likeness (QED) is 0.626. The van der Waals surface area contributed by atoms with E-state index in [1.807, 2.05) is 6.92 Å². The van der Waals surface area contributed by atoms with Crippen molar-refractivity contribution in [3.63, 3.8) is 0 Å². The van der Waals surface area contributed by atoms with Gasteiger partial charge in [-0.05, 0) is 24.1 Å². The summed E-state index contributed by atoms with van der Waals surface area (Å²) < 4.78 is 32.9. The van der Waals surface area contributed by atoms with Crippen LogP contribution in [0.4, 0.5) is 0 Å². The number of hydrogen-bond donors (Lipinski definition) is 0. The first-order chi connectivity index (χ1) is 8.91. The van der Waals surface area contributed by atoms with E-state index < -0.39 is 15.0 Å². The lowest BCUT2D eigenvalue weighted by Gasteiger charge is -2.25. The Hall–Kier alpha value is -1.11. The standard InChI is InChI=1S/C12H13ClO5S/c1-2-8-3-4-9(5-11(8)19(13,15)16)12(14)18-10-6-17-7-10/h3-5,10H,2,6-7H2,1H3. The van der Waals surface area contributed by atoms with Crippen molar-refractivity contribution in [1.82, 2.24) is 0 Å². The van der Waals surface area contributed by atoms with Gasteiger partial charge in [-0.15, -0.1) is 0 Å². The Kier molecular flexibility index (Phi) is 4.13. The minimum atomic E-state index is -3.88. The predicted octanol–water partition coefficient (Wildman–Crippen LogP) is 1.73. The van der Waals surface area contributed by atoms with Gasteiger partial charge in [0, 0.05) is 10.7 Å². The maximum absolute atomic E-state index is 11.8. The number of esters is 1. The number of aryl methyl sites for hydroxylation is 1. The zero-order chi connectivity index (χ0) is 14.0. The lowest BCUT2D eigenvalue weighted by Crippen LogP contribution is -2.37. The van der Waals surface area contributed by atoms with E-state index in [0.29, 0.717) is 25.2 Å². The first-order valence-corrected chi connectivity index (χ1v) is 8.09. The molecule has 0 radical (unpaired) electrons. The highest BCUT2D eigenvalue weighted by Crippen LogP contribution is 2.23. The van der Waals surface area contributed by atoms with Crippen molar-refractivity contribution in [1.29, 1.82) is 0 Å². The first-order valence-electron chi connectivity index (χ1n) is 5.78. The van der Waals surface area contributed by atoms with Gasteiger partial charge in [-0.1, -0.05) is 13.0 Å². The summed E-state index contributed by atoms with van der Waals surface area (Å²) in [7, 11) is 1.48. The van der Waals surface area contributed by atoms with Gasteiger partial charge in [0.2, 0.25) is 0 Å². The van der Waals surface area contributed by atoms with Crippen LogP contribution in [-0.2, 0) is 24.9 Å². The molecule has 0 saturated carbocycles. The number of hydrogen-bond acceptors (Lipinski definition) is 5. The van der Waals surface area contributed by atoms with Crippen LogP contribution in [0.2, 0.25) is 0 Å². The Morgan fingerprint density at radius 3 is 2.63 bits per heavy atom. The summed E-state index contributed by atoms with van der Waals surface area (Å²) in [4.78, 5) is 11.8. The molecule has 0 spiro atoms. The van der Waals surface area contributed by atoms with Gasteiger partial charge in [-0.25, -0.2) is 13.2 Å². The molecule has 104 valence electrons. The summed E-state index contributed by atoms with van der Waals surface area (Å²) in [5, 5.41) is 0. The number of benzene rings is 1. The molecule has 0 N–H and O–H groups in total. The van der Waals surface area contributed by atoms with Crippen molar-refractivity contribution in [3.8, 4) is 0 Å². The van der Waals surface area contributed by atoms with Crippen LogP contribution in [0.15, 0.2) is 23.1 Å². The highest BCUT2D eigenvalue weighted by Gasteiger charge is 2.24. The summed E-state index contributed by atoms with van der Waals surface area (Å²) in [6.07, 6.45) is 0.252. The van der Waals surface area contributed by atoms with Crippen LogP contribution in [0.3, 0.4) is 0 Å². The van der Waals surface area contributed by atoms with Gasteiger partial charge in [-0.3, -0.25) is 0 Å².